The number of carbonyl (C=O) groups is 1. The van der Waals surface area contributed by atoms with E-state index in [2.05, 4.69) is 40.8 Å². The number of hydrogen-bond donors (Lipinski definition) is 0. The molecule has 3 heterocycles. The average molecular weight is 335 g/mol. The number of fused-ring (bicyclic) bond motifs is 1. The molecule has 2 aromatic heterocycles. The van der Waals surface area contributed by atoms with E-state index < -0.39 is 0 Å². The summed E-state index contributed by atoms with van der Waals surface area (Å²) < 4.78 is 5.35. The number of thiophene rings is 2. The standard InChI is InChI=1S/C17H21NO2S2/c1-2-3-9-20-16(19)12-18-8-6-14-13(7-11-22-14)17(18)15-5-4-10-21-15/h4-5,7,10-11,17H,2-3,6,8-9,12H2,1H3. The molecule has 0 N–H and O–H groups in total. The van der Waals surface area contributed by atoms with Gasteiger partial charge in [0.25, 0.3) is 0 Å². The Morgan fingerprint density at radius 2 is 2.27 bits per heavy atom. The smallest absolute Gasteiger partial charge is 0.320 e. The maximum absolute atomic E-state index is 12.1. The highest BCUT2D eigenvalue weighted by Crippen LogP contribution is 2.39. The number of unbranched alkanes of at least 4 members (excludes halogenated alkanes) is 1. The third-order valence-electron chi connectivity index (χ3n) is 3.97. The molecule has 0 saturated heterocycles. The Labute approximate surface area is 139 Å². The van der Waals surface area contributed by atoms with Crippen LogP contribution in [0.4, 0.5) is 0 Å². The van der Waals surface area contributed by atoms with Crippen LogP contribution in [0.1, 0.15) is 41.1 Å². The third kappa shape index (κ3) is 3.42. The van der Waals surface area contributed by atoms with Crippen LogP contribution in [0, 0.1) is 0 Å². The molecule has 0 saturated carbocycles. The molecule has 0 radical (unpaired) electrons. The molecule has 0 amide bonds. The minimum absolute atomic E-state index is 0.103. The summed E-state index contributed by atoms with van der Waals surface area (Å²) in [7, 11) is 0. The van der Waals surface area contributed by atoms with Gasteiger partial charge in [0, 0.05) is 16.3 Å². The van der Waals surface area contributed by atoms with Crippen molar-refractivity contribution >= 4 is 28.6 Å². The summed E-state index contributed by atoms with van der Waals surface area (Å²) in [6.07, 6.45) is 3.01. The van der Waals surface area contributed by atoms with Crippen LogP contribution in [0.2, 0.25) is 0 Å². The van der Waals surface area contributed by atoms with E-state index in [9.17, 15) is 4.79 Å². The molecule has 1 aliphatic rings. The van der Waals surface area contributed by atoms with E-state index >= 15 is 0 Å². The fourth-order valence-electron chi connectivity index (χ4n) is 2.86. The lowest BCUT2D eigenvalue weighted by Crippen LogP contribution is -2.39. The van der Waals surface area contributed by atoms with Crippen molar-refractivity contribution in [2.24, 2.45) is 0 Å². The average Bonchev–Trinajstić information content (AvgIpc) is 3.18. The van der Waals surface area contributed by atoms with Crippen molar-refractivity contribution in [3.05, 3.63) is 44.3 Å². The highest BCUT2D eigenvalue weighted by Gasteiger charge is 2.31. The van der Waals surface area contributed by atoms with Gasteiger partial charge in [0.1, 0.15) is 0 Å². The molecule has 0 aromatic carbocycles. The highest BCUT2D eigenvalue weighted by molar-refractivity contribution is 7.10. The van der Waals surface area contributed by atoms with Gasteiger partial charge in [-0.3, -0.25) is 9.69 Å². The van der Waals surface area contributed by atoms with E-state index in [4.69, 9.17) is 4.74 Å². The largest absolute Gasteiger partial charge is 0.465 e. The first-order chi connectivity index (χ1) is 10.8. The zero-order chi connectivity index (χ0) is 15.4. The Morgan fingerprint density at radius 3 is 3.05 bits per heavy atom. The van der Waals surface area contributed by atoms with Crippen molar-refractivity contribution < 1.29 is 9.53 Å². The highest BCUT2D eigenvalue weighted by atomic mass is 32.1. The van der Waals surface area contributed by atoms with Crippen LogP contribution in [0.3, 0.4) is 0 Å². The molecule has 1 atom stereocenters. The van der Waals surface area contributed by atoms with Crippen molar-refractivity contribution in [3.8, 4) is 0 Å². The number of hydrogen-bond acceptors (Lipinski definition) is 5. The Morgan fingerprint density at radius 1 is 1.36 bits per heavy atom. The fraction of sp³-hybridized carbons (Fsp3) is 0.471. The summed E-state index contributed by atoms with van der Waals surface area (Å²) >= 11 is 3.59. The molecule has 3 nitrogen and oxygen atoms in total. The molecular weight excluding hydrogens is 314 g/mol. The quantitative estimate of drug-likeness (QED) is 0.588. The lowest BCUT2D eigenvalue weighted by molar-refractivity contribution is -0.145. The monoisotopic (exact) mass is 335 g/mol. The zero-order valence-electron chi connectivity index (χ0n) is 12.8. The molecule has 3 rings (SSSR count). The van der Waals surface area contributed by atoms with Crippen LogP contribution in [0.5, 0.6) is 0 Å². The summed E-state index contributed by atoms with van der Waals surface area (Å²) in [5.74, 6) is -0.103. The Balaban J connectivity index is 1.74. The first-order valence-electron chi connectivity index (χ1n) is 7.79. The molecule has 1 aliphatic heterocycles. The second-order valence-corrected chi connectivity index (χ2v) is 7.49. The van der Waals surface area contributed by atoms with Gasteiger partial charge in [0.2, 0.25) is 0 Å². The van der Waals surface area contributed by atoms with Crippen LogP contribution >= 0.6 is 22.7 Å². The Hall–Kier alpha value is -1.17. The van der Waals surface area contributed by atoms with Crippen molar-refractivity contribution in [1.82, 2.24) is 4.90 Å². The van der Waals surface area contributed by atoms with Crippen LogP contribution < -0.4 is 0 Å². The minimum Gasteiger partial charge on any atom is -0.465 e. The first kappa shape index (κ1) is 15.7. The Bertz CT molecular complexity index is 606. The summed E-state index contributed by atoms with van der Waals surface area (Å²) in [6.45, 7) is 3.93. The molecule has 0 fully saturated rings. The van der Waals surface area contributed by atoms with Crippen molar-refractivity contribution in [2.45, 2.75) is 32.2 Å². The predicted molar refractivity (Wildman–Crippen MR) is 91.6 cm³/mol. The van der Waals surface area contributed by atoms with Gasteiger partial charge in [-0.05, 0) is 41.3 Å². The minimum atomic E-state index is -0.103. The van der Waals surface area contributed by atoms with Crippen LogP contribution in [0.25, 0.3) is 0 Å². The summed E-state index contributed by atoms with van der Waals surface area (Å²) in [5, 5.41) is 4.27. The lowest BCUT2D eigenvalue weighted by atomic mass is 9.98. The molecule has 2 aromatic rings. The molecular formula is C17H21NO2S2. The number of ether oxygens (including phenoxy) is 1. The first-order valence-corrected chi connectivity index (χ1v) is 9.55. The van der Waals surface area contributed by atoms with Gasteiger partial charge >= 0.3 is 5.97 Å². The van der Waals surface area contributed by atoms with Gasteiger partial charge < -0.3 is 4.74 Å². The maximum atomic E-state index is 12.1. The fourth-order valence-corrected chi connectivity index (χ4v) is 4.64. The van der Waals surface area contributed by atoms with Crippen LogP contribution in [-0.2, 0) is 16.0 Å². The van der Waals surface area contributed by atoms with E-state index in [1.807, 2.05) is 11.3 Å². The predicted octanol–water partition coefficient (Wildman–Crippen LogP) is 4.10. The molecule has 0 aliphatic carbocycles. The molecule has 118 valence electrons. The van der Waals surface area contributed by atoms with E-state index in [-0.39, 0.29) is 12.0 Å². The topological polar surface area (TPSA) is 29.5 Å². The third-order valence-corrected chi connectivity index (χ3v) is 5.89. The summed E-state index contributed by atoms with van der Waals surface area (Å²) in [5.41, 5.74) is 1.36. The number of rotatable bonds is 6. The van der Waals surface area contributed by atoms with E-state index in [1.54, 1.807) is 11.3 Å². The molecule has 1 unspecified atom stereocenters. The van der Waals surface area contributed by atoms with Crippen LogP contribution in [0.15, 0.2) is 29.0 Å². The second-order valence-electron chi connectivity index (χ2n) is 5.51. The van der Waals surface area contributed by atoms with Gasteiger partial charge in [-0.25, -0.2) is 0 Å². The second kappa shape index (κ2) is 7.40. The van der Waals surface area contributed by atoms with Crippen molar-refractivity contribution in [2.75, 3.05) is 19.7 Å². The molecule has 5 heteroatoms. The lowest BCUT2D eigenvalue weighted by Gasteiger charge is -2.34. The normalized spacial score (nSPS) is 18.1. The van der Waals surface area contributed by atoms with Gasteiger partial charge in [0.15, 0.2) is 0 Å². The summed E-state index contributed by atoms with van der Waals surface area (Å²) in [6, 6.07) is 6.66. The van der Waals surface area contributed by atoms with E-state index in [1.165, 1.54) is 15.3 Å². The van der Waals surface area contributed by atoms with Gasteiger partial charge in [-0.1, -0.05) is 19.4 Å². The number of esters is 1. The summed E-state index contributed by atoms with van der Waals surface area (Å²) in [4.78, 5) is 17.1. The van der Waals surface area contributed by atoms with E-state index in [0.717, 1.165) is 25.8 Å². The van der Waals surface area contributed by atoms with Gasteiger partial charge in [-0.15, -0.1) is 22.7 Å². The maximum Gasteiger partial charge on any atom is 0.320 e. The number of nitrogens with zero attached hydrogens (tertiary/aromatic N) is 1. The molecule has 0 spiro atoms. The number of carbonyl (C=O) groups excluding carboxylic acids is 1. The van der Waals surface area contributed by atoms with Crippen molar-refractivity contribution in [3.63, 3.8) is 0 Å². The van der Waals surface area contributed by atoms with Crippen molar-refractivity contribution in [1.29, 1.82) is 0 Å². The van der Waals surface area contributed by atoms with Crippen LogP contribution in [-0.4, -0.2) is 30.6 Å². The molecule has 0 bridgehead atoms. The van der Waals surface area contributed by atoms with E-state index in [0.29, 0.717) is 13.2 Å². The van der Waals surface area contributed by atoms with Gasteiger partial charge in [-0.2, -0.15) is 0 Å². The molecule has 22 heavy (non-hydrogen) atoms. The Kier molecular flexibility index (Phi) is 5.28. The zero-order valence-corrected chi connectivity index (χ0v) is 14.4. The van der Waals surface area contributed by atoms with Gasteiger partial charge in [0.05, 0.1) is 19.2 Å². The SMILES string of the molecule is CCCCOC(=O)CN1CCc2sccc2C1c1cccs1.